The molecule has 0 atom stereocenters. The lowest BCUT2D eigenvalue weighted by atomic mass is 10.3. The number of hydrogen-bond donors (Lipinski definition) is 2. The van der Waals surface area contributed by atoms with Gasteiger partial charge in [-0.25, -0.2) is 20.6 Å². The molecule has 0 aromatic carbocycles. The van der Waals surface area contributed by atoms with Gasteiger partial charge in [0.15, 0.2) is 16.9 Å². The minimum Gasteiger partial charge on any atom is -0.366 e. The zero-order chi connectivity index (χ0) is 17.4. The summed E-state index contributed by atoms with van der Waals surface area (Å²) in [5, 5.41) is 0. The molecule has 0 bridgehead atoms. The van der Waals surface area contributed by atoms with Gasteiger partial charge in [-0.05, 0) is 12.1 Å². The Kier molecular flexibility index (Phi) is 3.62. The first kappa shape index (κ1) is 15.4. The maximum Gasteiger partial charge on any atom is 0.366 e. The van der Waals surface area contributed by atoms with Crippen LogP contribution in [0.25, 0.3) is 11.2 Å². The highest BCUT2D eigenvalue weighted by atomic mass is 16.7. The zero-order valence-corrected chi connectivity index (χ0v) is 12.8. The van der Waals surface area contributed by atoms with E-state index < -0.39 is 17.2 Å². The predicted molar refractivity (Wildman–Crippen MR) is 82.1 cm³/mol. The first-order chi connectivity index (χ1) is 11.4. The number of carbonyl (C=O) groups excluding carboxylic acids is 1. The third kappa shape index (κ3) is 2.32. The van der Waals surface area contributed by atoms with Crippen molar-refractivity contribution >= 4 is 17.1 Å². The molecule has 0 radical (unpaired) electrons. The van der Waals surface area contributed by atoms with Crippen LogP contribution < -0.4 is 27.4 Å². The van der Waals surface area contributed by atoms with Gasteiger partial charge < -0.3 is 9.40 Å². The summed E-state index contributed by atoms with van der Waals surface area (Å²) >= 11 is 0. The van der Waals surface area contributed by atoms with Gasteiger partial charge in [0.1, 0.15) is 5.69 Å². The molecular formula is C13H13N7O4. The fourth-order valence-corrected chi connectivity index (χ4v) is 2.15. The number of nitrogen functional groups attached to an aromatic ring is 1. The lowest BCUT2D eigenvalue weighted by Crippen LogP contribution is -2.42. The summed E-state index contributed by atoms with van der Waals surface area (Å²) in [5.74, 6) is 4.53. The Labute approximate surface area is 133 Å². The van der Waals surface area contributed by atoms with Gasteiger partial charge in [0.05, 0.1) is 12.5 Å². The number of amides is 1. The van der Waals surface area contributed by atoms with Crippen molar-refractivity contribution < 1.29 is 9.63 Å². The van der Waals surface area contributed by atoms with Crippen LogP contribution in [-0.4, -0.2) is 29.7 Å². The van der Waals surface area contributed by atoms with E-state index in [2.05, 4.69) is 9.97 Å². The summed E-state index contributed by atoms with van der Waals surface area (Å²) in [7, 11) is 3.11. The van der Waals surface area contributed by atoms with E-state index in [1.54, 1.807) is 7.05 Å². The summed E-state index contributed by atoms with van der Waals surface area (Å²) in [6, 6.07) is 2.73. The molecule has 0 aliphatic rings. The molecule has 11 nitrogen and oxygen atoms in total. The maximum atomic E-state index is 12.5. The van der Waals surface area contributed by atoms with Crippen molar-refractivity contribution in [3.05, 3.63) is 51.2 Å². The number of carbonyl (C=O) groups is 1. The highest BCUT2D eigenvalue weighted by molar-refractivity contribution is 5.91. The summed E-state index contributed by atoms with van der Waals surface area (Å²) in [6.07, 6.45) is 2.63. The van der Waals surface area contributed by atoms with Gasteiger partial charge in [-0.15, -0.1) is 0 Å². The van der Waals surface area contributed by atoms with Crippen molar-refractivity contribution in [2.24, 2.45) is 19.9 Å². The molecule has 0 aliphatic carbocycles. The average Bonchev–Trinajstić information content (AvgIpc) is 2.98. The highest BCUT2D eigenvalue weighted by Gasteiger charge is 2.16. The number of hydrogen-bond acceptors (Lipinski definition) is 7. The Morgan fingerprint density at radius 3 is 2.62 bits per heavy atom. The van der Waals surface area contributed by atoms with Crippen LogP contribution in [0.5, 0.6) is 5.75 Å². The normalized spacial score (nSPS) is 10.8. The molecule has 3 rings (SSSR count). The second-order valence-electron chi connectivity index (χ2n) is 4.91. The molecule has 0 saturated heterocycles. The summed E-state index contributed by atoms with van der Waals surface area (Å²) in [6.45, 7) is 0. The number of rotatable bonds is 3. The third-order valence-electron chi connectivity index (χ3n) is 3.38. The molecule has 0 unspecified atom stereocenters. The average molecular weight is 331 g/mol. The standard InChI is InChI=1S/C13H13N7O4/c1-18-6-16-10-9(18)12(22)20(13(23)19(10)2)24-7-3-4-8(15-5-7)11(21)17-14/h3-6H,14H2,1-2H3,(H,17,21). The van der Waals surface area contributed by atoms with Gasteiger partial charge in [-0.3, -0.25) is 19.6 Å². The van der Waals surface area contributed by atoms with Gasteiger partial charge in [-0.2, -0.15) is 0 Å². The summed E-state index contributed by atoms with van der Waals surface area (Å²) in [5.41, 5.74) is 1.11. The van der Waals surface area contributed by atoms with Crippen LogP contribution in [0, 0.1) is 0 Å². The number of aromatic nitrogens is 5. The molecular weight excluding hydrogens is 318 g/mol. The second kappa shape index (κ2) is 5.62. The minimum absolute atomic E-state index is 0.0622. The number of pyridine rings is 1. The SMILES string of the molecule is Cn1cnc2c1c(=O)n(Oc1ccc(C(=O)NN)nc1)c(=O)n2C. The van der Waals surface area contributed by atoms with Crippen LogP contribution in [0.3, 0.4) is 0 Å². The van der Waals surface area contributed by atoms with Gasteiger partial charge in [0.2, 0.25) is 0 Å². The lowest BCUT2D eigenvalue weighted by Gasteiger charge is -2.09. The lowest BCUT2D eigenvalue weighted by molar-refractivity contribution is 0.0948. The first-order valence-corrected chi connectivity index (χ1v) is 6.72. The van der Waals surface area contributed by atoms with E-state index >= 15 is 0 Å². The molecule has 0 saturated carbocycles. The van der Waals surface area contributed by atoms with E-state index in [1.165, 1.54) is 40.8 Å². The Bertz CT molecular complexity index is 1050. The van der Waals surface area contributed by atoms with Crippen LogP contribution in [0.15, 0.2) is 34.2 Å². The van der Waals surface area contributed by atoms with E-state index in [9.17, 15) is 14.4 Å². The van der Waals surface area contributed by atoms with Crippen LogP contribution >= 0.6 is 0 Å². The van der Waals surface area contributed by atoms with Gasteiger partial charge in [0, 0.05) is 14.1 Å². The van der Waals surface area contributed by atoms with Crippen LogP contribution in [0.1, 0.15) is 10.5 Å². The Morgan fingerprint density at radius 2 is 2.00 bits per heavy atom. The van der Waals surface area contributed by atoms with Crippen molar-refractivity contribution in [2.45, 2.75) is 0 Å². The van der Waals surface area contributed by atoms with Crippen molar-refractivity contribution in [1.29, 1.82) is 0 Å². The molecule has 0 aliphatic heterocycles. The molecule has 1 amide bonds. The van der Waals surface area contributed by atoms with E-state index in [-0.39, 0.29) is 22.6 Å². The van der Waals surface area contributed by atoms with Crippen LogP contribution in [-0.2, 0) is 14.1 Å². The zero-order valence-electron chi connectivity index (χ0n) is 12.8. The molecule has 24 heavy (non-hydrogen) atoms. The van der Waals surface area contributed by atoms with E-state index in [0.29, 0.717) is 4.73 Å². The van der Waals surface area contributed by atoms with Crippen molar-refractivity contribution in [2.75, 3.05) is 0 Å². The molecule has 3 N–H and O–H groups in total. The summed E-state index contributed by atoms with van der Waals surface area (Å²) < 4.78 is 3.29. The maximum absolute atomic E-state index is 12.5. The van der Waals surface area contributed by atoms with Crippen LogP contribution in [0.2, 0.25) is 0 Å². The predicted octanol–water partition coefficient (Wildman–Crippen LogP) is -1.73. The van der Waals surface area contributed by atoms with Gasteiger partial charge in [0.25, 0.3) is 5.91 Å². The molecule has 0 fully saturated rings. The number of fused-ring (bicyclic) bond motifs is 1. The third-order valence-corrected chi connectivity index (χ3v) is 3.38. The van der Waals surface area contributed by atoms with Gasteiger partial charge >= 0.3 is 11.2 Å². The topological polar surface area (TPSA) is 139 Å². The highest BCUT2D eigenvalue weighted by Crippen LogP contribution is 2.09. The number of aryl methyl sites for hydroxylation is 2. The molecule has 3 aromatic heterocycles. The van der Waals surface area contributed by atoms with E-state index in [4.69, 9.17) is 10.7 Å². The fourth-order valence-electron chi connectivity index (χ4n) is 2.15. The molecule has 3 aromatic rings. The second-order valence-corrected chi connectivity index (χ2v) is 4.91. The molecule has 0 spiro atoms. The number of hydrazine groups is 1. The van der Waals surface area contributed by atoms with Crippen molar-refractivity contribution in [3.63, 3.8) is 0 Å². The Hall–Kier alpha value is -3.47. The fraction of sp³-hybridized carbons (Fsp3) is 0.154. The quantitative estimate of drug-likeness (QED) is 0.330. The van der Waals surface area contributed by atoms with Crippen LogP contribution in [0.4, 0.5) is 0 Å². The summed E-state index contributed by atoms with van der Waals surface area (Å²) in [4.78, 5) is 49.3. The van der Waals surface area contributed by atoms with Crippen molar-refractivity contribution in [1.82, 2.24) is 29.3 Å². The smallest absolute Gasteiger partial charge is 0.366 e. The molecule has 124 valence electrons. The molecule has 3 heterocycles. The largest absolute Gasteiger partial charge is 0.366 e. The first-order valence-electron chi connectivity index (χ1n) is 6.72. The number of nitrogens with one attached hydrogen (secondary N) is 1. The van der Waals surface area contributed by atoms with Crippen molar-refractivity contribution in [3.8, 4) is 5.75 Å². The minimum atomic E-state index is -0.699. The van der Waals surface area contributed by atoms with Gasteiger partial charge in [-0.1, -0.05) is 4.73 Å². The number of imidazole rings is 1. The van der Waals surface area contributed by atoms with E-state index in [1.807, 2.05) is 5.43 Å². The Morgan fingerprint density at radius 1 is 1.25 bits per heavy atom. The number of nitrogens with zero attached hydrogens (tertiary/aromatic N) is 5. The van der Waals surface area contributed by atoms with E-state index in [0.717, 1.165) is 0 Å². The Balaban J connectivity index is 2.07. The molecule has 11 heteroatoms. The monoisotopic (exact) mass is 331 g/mol. The number of nitrogens with two attached hydrogens (primary N) is 1.